The topological polar surface area (TPSA) is 24.9 Å². The number of rotatable bonds is 1. The van der Waals surface area contributed by atoms with Crippen molar-refractivity contribution in [1.29, 1.82) is 0 Å². The Balaban J connectivity index is 0.000000720. The highest BCUT2D eigenvalue weighted by Crippen LogP contribution is 2.23. The van der Waals surface area contributed by atoms with Crippen LogP contribution in [-0.2, 0) is 12.8 Å². The van der Waals surface area contributed by atoms with Crippen molar-refractivity contribution in [1.82, 2.24) is 10.3 Å². The quantitative estimate of drug-likeness (QED) is 0.753. The zero-order valence-corrected chi connectivity index (χ0v) is 8.67. The maximum absolute atomic E-state index is 4.33. The Kier molecular flexibility index (Phi) is 3.50. The molecule has 1 unspecified atom stereocenters. The van der Waals surface area contributed by atoms with Gasteiger partial charge in [-0.05, 0) is 19.9 Å². The summed E-state index contributed by atoms with van der Waals surface area (Å²) in [5.74, 6) is 0. The van der Waals surface area contributed by atoms with E-state index in [1.54, 1.807) is 11.3 Å². The summed E-state index contributed by atoms with van der Waals surface area (Å²) in [5.41, 5.74) is 3.28. The molecule has 2 rings (SSSR count). The van der Waals surface area contributed by atoms with Crippen molar-refractivity contribution in [2.24, 2.45) is 0 Å². The number of thiazole rings is 1. The van der Waals surface area contributed by atoms with Gasteiger partial charge in [-0.15, -0.1) is 23.7 Å². The molecule has 68 valence electrons. The Morgan fingerprint density at radius 3 is 3.25 bits per heavy atom. The second kappa shape index (κ2) is 4.21. The fourth-order valence-electron chi connectivity index (χ4n) is 1.55. The van der Waals surface area contributed by atoms with E-state index in [2.05, 4.69) is 10.3 Å². The smallest absolute Gasteiger partial charge is 0.0797 e. The second-order valence-corrected chi connectivity index (χ2v) is 3.89. The third-order valence-corrected chi connectivity index (χ3v) is 3.23. The zero-order valence-electron chi connectivity index (χ0n) is 7.04. The number of nitrogens with zero attached hydrogens (tertiary/aromatic N) is 1. The molecule has 0 fully saturated rings. The summed E-state index contributed by atoms with van der Waals surface area (Å²) < 4.78 is 0. The maximum atomic E-state index is 4.33. The molecule has 1 aliphatic rings. The first kappa shape index (κ1) is 9.96. The molecule has 0 amide bonds. The van der Waals surface area contributed by atoms with Crippen molar-refractivity contribution in [2.45, 2.75) is 25.3 Å². The van der Waals surface area contributed by atoms with Crippen LogP contribution in [0.1, 0.15) is 17.0 Å². The molecule has 0 aliphatic heterocycles. The van der Waals surface area contributed by atoms with E-state index in [0.29, 0.717) is 6.04 Å². The van der Waals surface area contributed by atoms with Gasteiger partial charge >= 0.3 is 0 Å². The average Bonchev–Trinajstić information content (AvgIpc) is 2.50. The molecule has 1 aliphatic carbocycles. The van der Waals surface area contributed by atoms with Gasteiger partial charge in [0.05, 0.1) is 11.2 Å². The van der Waals surface area contributed by atoms with E-state index < -0.39 is 0 Å². The summed E-state index contributed by atoms with van der Waals surface area (Å²) in [6.45, 7) is 0. The number of hydrogen-bond donors (Lipinski definition) is 1. The molecule has 0 saturated heterocycles. The highest BCUT2D eigenvalue weighted by molar-refractivity contribution is 7.09. The SMILES string of the molecule is CNC1CCc2scnc2C1.Cl. The third-order valence-electron chi connectivity index (χ3n) is 2.29. The molecule has 2 nitrogen and oxygen atoms in total. The van der Waals surface area contributed by atoms with Crippen LogP contribution in [0, 0.1) is 0 Å². The molecule has 12 heavy (non-hydrogen) atoms. The van der Waals surface area contributed by atoms with Crippen LogP contribution in [0.3, 0.4) is 0 Å². The Morgan fingerprint density at radius 1 is 1.67 bits per heavy atom. The Bertz CT molecular complexity index is 249. The maximum Gasteiger partial charge on any atom is 0.0797 e. The predicted molar refractivity (Wildman–Crippen MR) is 54.2 cm³/mol. The minimum atomic E-state index is 0. The van der Waals surface area contributed by atoms with Crippen molar-refractivity contribution in [3.05, 3.63) is 16.1 Å². The van der Waals surface area contributed by atoms with Gasteiger partial charge in [0.1, 0.15) is 0 Å². The minimum Gasteiger partial charge on any atom is -0.317 e. The molecule has 1 heterocycles. The van der Waals surface area contributed by atoms with Crippen LogP contribution in [0.25, 0.3) is 0 Å². The van der Waals surface area contributed by atoms with E-state index in [1.165, 1.54) is 23.4 Å². The van der Waals surface area contributed by atoms with Crippen molar-refractivity contribution >= 4 is 23.7 Å². The number of fused-ring (bicyclic) bond motifs is 1. The molecule has 1 aromatic rings. The van der Waals surface area contributed by atoms with Crippen LogP contribution in [0.4, 0.5) is 0 Å². The molecular formula is C8H13ClN2S. The molecule has 1 aromatic heterocycles. The molecule has 0 spiro atoms. The van der Waals surface area contributed by atoms with Crippen LogP contribution in [0.2, 0.25) is 0 Å². The summed E-state index contributed by atoms with van der Waals surface area (Å²) in [6.07, 6.45) is 3.60. The van der Waals surface area contributed by atoms with Gasteiger partial charge in [-0.2, -0.15) is 0 Å². The first-order valence-electron chi connectivity index (χ1n) is 3.98. The van der Waals surface area contributed by atoms with Crippen LogP contribution >= 0.6 is 23.7 Å². The van der Waals surface area contributed by atoms with Gasteiger partial charge < -0.3 is 5.32 Å². The molecule has 0 bridgehead atoms. The van der Waals surface area contributed by atoms with Gasteiger partial charge in [0, 0.05) is 17.3 Å². The first-order valence-corrected chi connectivity index (χ1v) is 4.86. The molecule has 1 N–H and O–H groups in total. The summed E-state index contributed by atoms with van der Waals surface area (Å²) in [6, 6.07) is 0.657. The Morgan fingerprint density at radius 2 is 2.50 bits per heavy atom. The van der Waals surface area contributed by atoms with Gasteiger partial charge in [-0.3, -0.25) is 0 Å². The number of aryl methyl sites for hydroxylation is 1. The minimum absolute atomic E-state index is 0. The normalized spacial score (nSPS) is 21.2. The standard InChI is InChI=1S/C8H12N2S.ClH/c1-9-6-2-3-8-7(4-6)10-5-11-8;/h5-6,9H,2-4H2,1H3;1H. The van der Waals surface area contributed by atoms with Crippen LogP contribution in [-0.4, -0.2) is 18.1 Å². The largest absolute Gasteiger partial charge is 0.317 e. The fourth-order valence-corrected chi connectivity index (χ4v) is 2.37. The lowest BCUT2D eigenvalue weighted by molar-refractivity contribution is 0.494. The van der Waals surface area contributed by atoms with E-state index in [9.17, 15) is 0 Å². The van der Waals surface area contributed by atoms with Crippen molar-refractivity contribution < 1.29 is 0 Å². The Hall–Kier alpha value is -0.120. The lowest BCUT2D eigenvalue weighted by Crippen LogP contribution is -2.31. The van der Waals surface area contributed by atoms with E-state index in [1.807, 2.05) is 12.6 Å². The van der Waals surface area contributed by atoms with E-state index in [-0.39, 0.29) is 12.4 Å². The first-order chi connectivity index (χ1) is 5.40. The van der Waals surface area contributed by atoms with E-state index in [0.717, 1.165) is 6.42 Å². The molecule has 0 radical (unpaired) electrons. The summed E-state index contributed by atoms with van der Waals surface area (Å²) >= 11 is 1.80. The third kappa shape index (κ3) is 1.79. The lowest BCUT2D eigenvalue weighted by Gasteiger charge is -2.19. The van der Waals surface area contributed by atoms with Gasteiger partial charge in [0.2, 0.25) is 0 Å². The second-order valence-electron chi connectivity index (χ2n) is 2.95. The predicted octanol–water partition coefficient (Wildman–Crippen LogP) is 1.64. The summed E-state index contributed by atoms with van der Waals surface area (Å²) in [4.78, 5) is 5.83. The number of nitrogens with one attached hydrogen (secondary N) is 1. The monoisotopic (exact) mass is 204 g/mol. The van der Waals surface area contributed by atoms with E-state index >= 15 is 0 Å². The molecule has 0 aromatic carbocycles. The van der Waals surface area contributed by atoms with Gasteiger partial charge in [-0.1, -0.05) is 0 Å². The average molecular weight is 205 g/mol. The van der Waals surface area contributed by atoms with Gasteiger partial charge in [0.25, 0.3) is 0 Å². The van der Waals surface area contributed by atoms with E-state index in [4.69, 9.17) is 0 Å². The zero-order chi connectivity index (χ0) is 7.68. The number of halogens is 1. The summed E-state index contributed by atoms with van der Waals surface area (Å²) in [7, 11) is 2.03. The Labute approximate surface area is 82.8 Å². The van der Waals surface area contributed by atoms with Crippen LogP contribution in [0.15, 0.2) is 5.51 Å². The highest BCUT2D eigenvalue weighted by Gasteiger charge is 2.18. The van der Waals surface area contributed by atoms with Crippen LogP contribution < -0.4 is 5.32 Å². The molecule has 0 saturated carbocycles. The van der Waals surface area contributed by atoms with Gasteiger partial charge in [0.15, 0.2) is 0 Å². The number of aromatic nitrogens is 1. The van der Waals surface area contributed by atoms with Gasteiger partial charge in [-0.25, -0.2) is 4.98 Å². The molecule has 4 heteroatoms. The summed E-state index contributed by atoms with van der Waals surface area (Å²) in [5, 5.41) is 3.30. The molecular weight excluding hydrogens is 192 g/mol. The fraction of sp³-hybridized carbons (Fsp3) is 0.625. The molecule has 1 atom stereocenters. The highest BCUT2D eigenvalue weighted by atomic mass is 35.5. The van der Waals surface area contributed by atoms with Crippen LogP contribution in [0.5, 0.6) is 0 Å². The van der Waals surface area contributed by atoms with Crippen molar-refractivity contribution in [3.63, 3.8) is 0 Å². The lowest BCUT2D eigenvalue weighted by atomic mass is 9.98. The number of likely N-dealkylation sites (N-methyl/N-ethyl adjacent to an activating group) is 1. The van der Waals surface area contributed by atoms with Crippen molar-refractivity contribution in [3.8, 4) is 0 Å². The number of hydrogen-bond acceptors (Lipinski definition) is 3. The van der Waals surface area contributed by atoms with Crippen molar-refractivity contribution in [2.75, 3.05) is 7.05 Å².